The number of morpholine rings is 1. The third kappa shape index (κ3) is 3.07. The van der Waals surface area contributed by atoms with Crippen molar-refractivity contribution in [3.63, 3.8) is 0 Å². The molecule has 1 heterocycles. The first kappa shape index (κ1) is 12.6. The number of carbonyl (C=O) groups excluding carboxylic acids is 1. The van der Waals surface area contributed by atoms with Crippen LogP contribution in [0.5, 0.6) is 0 Å². The van der Waals surface area contributed by atoms with Gasteiger partial charge in [-0.2, -0.15) is 0 Å². The highest BCUT2D eigenvalue weighted by Crippen LogP contribution is 2.23. The molecule has 1 amide bonds. The first-order valence-corrected chi connectivity index (χ1v) is 6.39. The zero-order valence-electron chi connectivity index (χ0n) is 10.3. The number of aliphatic hydroxyl groups excluding tert-OH is 1. The van der Waals surface area contributed by atoms with Crippen LogP contribution < -0.4 is 0 Å². The minimum absolute atomic E-state index is 0.0141. The molecule has 0 aromatic carbocycles. The van der Waals surface area contributed by atoms with E-state index >= 15 is 0 Å². The Kier molecular flexibility index (Phi) is 4.18. The molecule has 3 atom stereocenters. The molecule has 0 saturated carbocycles. The number of aliphatic hydroxyl groups is 1. The molecule has 2 aliphatic rings. The minimum atomic E-state index is -0.214. The Hall–Kier alpha value is -0.870. The lowest BCUT2D eigenvalue weighted by Gasteiger charge is -2.37. The lowest BCUT2D eigenvalue weighted by atomic mass is 10.0. The van der Waals surface area contributed by atoms with Crippen molar-refractivity contribution >= 4 is 5.91 Å². The molecule has 3 unspecified atom stereocenters. The van der Waals surface area contributed by atoms with E-state index in [1.807, 2.05) is 11.8 Å². The molecular formula is C13H21NO3. The Labute approximate surface area is 102 Å². The molecule has 0 aromatic heterocycles. The lowest BCUT2D eigenvalue weighted by Crippen LogP contribution is -2.52. The standard InChI is InChI=1S/C13H21NO3/c1-10-9-17-12(8-15)7-14(10)13(16)6-11-4-2-3-5-11/h2,4,10-12,15H,3,5-9H2,1H3. The van der Waals surface area contributed by atoms with E-state index in [4.69, 9.17) is 9.84 Å². The van der Waals surface area contributed by atoms with Gasteiger partial charge in [-0.3, -0.25) is 4.79 Å². The maximum absolute atomic E-state index is 12.2. The predicted molar refractivity (Wildman–Crippen MR) is 64.5 cm³/mol. The summed E-state index contributed by atoms with van der Waals surface area (Å²) >= 11 is 0. The molecule has 4 nitrogen and oxygen atoms in total. The second-order valence-corrected chi connectivity index (χ2v) is 5.00. The summed E-state index contributed by atoms with van der Waals surface area (Å²) in [7, 11) is 0. The van der Waals surface area contributed by atoms with Gasteiger partial charge in [0.2, 0.25) is 5.91 Å². The normalized spacial score (nSPS) is 33.1. The summed E-state index contributed by atoms with van der Waals surface area (Å²) in [5, 5.41) is 9.09. The third-order valence-corrected chi connectivity index (χ3v) is 3.58. The van der Waals surface area contributed by atoms with Crippen molar-refractivity contribution < 1.29 is 14.6 Å². The van der Waals surface area contributed by atoms with Gasteiger partial charge >= 0.3 is 0 Å². The van der Waals surface area contributed by atoms with Crippen LogP contribution in [0.4, 0.5) is 0 Å². The van der Waals surface area contributed by atoms with Gasteiger partial charge in [0.05, 0.1) is 25.4 Å². The van der Waals surface area contributed by atoms with E-state index in [9.17, 15) is 4.79 Å². The van der Waals surface area contributed by atoms with E-state index in [-0.39, 0.29) is 24.7 Å². The molecule has 0 bridgehead atoms. The summed E-state index contributed by atoms with van der Waals surface area (Å²) in [4.78, 5) is 14.0. The SMILES string of the molecule is CC1COC(CO)CN1C(=O)CC1C=CCC1. The first-order valence-electron chi connectivity index (χ1n) is 6.39. The Morgan fingerprint density at radius 1 is 1.59 bits per heavy atom. The monoisotopic (exact) mass is 239 g/mol. The van der Waals surface area contributed by atoms with Gasteiger partial charge in [-0.25, -0.2) is 0 Å². The fourth-order valence-electron chi connectivity index (χ4n) is 2.48. The Morgan fingerprint density at radius 2 is 2.41 bits per heavy atom. The molecule has 96 valence electrons. The fraction of sp³-hybridized carbons (Fsp3) is 0.769. The van der Waals surface area contributed by atoms with Gasteiger partial charge in [-0.05, 0) is 25.7 Å². The molecule has 1 fully saturated rings. The number of hydrogen-bond acceptors (Lipinski definition) is 3. The number of allylic oxidation sites excluding steroid dienone is 2. The fourth-order valence-corrected chi connectivity index (χ4v) is 2.48. The maximum atomic E-state index is 12.2. The zero-order valence-corrected chi connectivity index (χ0v) is 10.3. The van der Waals surface area contributed by atoms with E-state index in [1.54, 1.807) is 0 Å². The maximum Gasteiger partial charge on any atom is 0.223 e. The van der Waals surface area contributed by atoms with Gasteiger partial charge in [0.15, 0.2) is 0 Å². The molecule has 0 spiro atoms. The van der Waals surface area contributed by atoms with Crippen molar-refractivity contribution in [2.75, 3.05) is 19.8 Å². The van der Waals surface area contributed by atoms with Crippen molar-refractivity contribution in [1.82, 2.24) is 4.90 Å². The second kappa shape index (κ2) is 5.65. The number of rotatable bonds is 3. The molecule has 0 aromatic rings. The number of hydrogen-bond donors (Lipinski definition) is 1. The van der Waals surface area contributed by atoms with Gasteiger partial charge in [0.25, 0.3) is 0 Å². The van der Waals surface area contributed by atoms with Crippen LogP contribution in [0.2, 0.25) is 0 Å². The molecule has 1 saturated heterocycles. The number of ether oxygens (including phenoxy) is 1. The number of amides is 1. The average molecular weight is 239 g/mol. The van der Waals surface area contributed by atoms with Gasteiger partial charge in [-0.1, -0.05) is 12.2 Å². The zero-order chi connectivity index (χ0) is 12.3. The quantitative estimate of drug-likeness (QED) is 0.746. The molecule has 1 aliphatic carbocycles. The van der Waals surface area contributed by atoms with Crippen LogP contribution in [0, 0.1) is 5.92 Å². The lowest BCUT2D eigenvalue weighted by molar-refractivity contribution is -0.146. The van der Waals surface area contributed by atoms with Crippen LogP contribution >= 0.6 is 0 Å². The Bertz CT molecular complexity index is 303. The van der Waals surface area contributed by atoms with Crippen LogP contribution in [-0.2, 0) is 9.53 Å². The second-order valence-electron chi connectivity index (χ2n) is 5.00. The summed E-state index contributed by atoms with van der Waals surface area (Å²) in [6.07, 6.45) is 6.86. The van der Waals surface area contributed by atoms with Crippen LogP contribution in [0.25, 0.3) is 0 Å². The molecule has 4 heteroatoms. The van der Waals surface area contributed by atoms with Crippen molar-refractivity contribution in [1.29, 1.82) is 0 Å². The molecule has 0 radical (unpaired) electrons. The summed E-state index contributed by atoms with van der Waals surface area (Å²) in [6.45, 7) is 3.03. The minimum Gasteiger partial charge on any atom is -0.394 e. The molecular weight excluding hydrogens is 218 g/mol. The first-order chi connectivity index (χ1) is 8.20. The van der Waals surface area contributed by atoms with Gasteiger partial charge in [-0.15, -0.1) is 0 Å². The largest absolute Gasteiger partial charge is 0.394 e. The van der Waals surface area contributed by atoms with Crippen molar-refractivity contribution in [2.45, 2.75) is 38.3 Å². The van der Waals surface area contributed by atoms with E-state index in [1.165, 1.54) is 0 Å². The van der Waals surface area contributed by atoms with Crippen molar-refractivity contribution in [3.8, 4) is 0 Å². The van der Waals surface area contributed by atoms with Gasteiger partial charge in [0.1, 0.15) is 0 Å². The summed E-state index contributed by atoms with van der Waals surface area (Å²) < 4.78 is 5.43. The molecule has 1 N–H and O–H groups in total. The summed E-state index contributed by atoms with van der Waals surface area (Å²) in [5.74, 6) is 0.598. The highest BCUT2D eigenvalue weighted by atomic mass is 16.5. The van der Waals surface area contributed by atoms with E-state index in [2.05, 4.69) is 12.2 Å². The number of nitrogens with zero attached hydrogens (tertiary/aromatic N) is 1. The summed E-state index contributed by atoms with van der Waals surface area (Å²) in [6, 6.07) is 0.121. The van der Waals surface area contributed by atoms with E-state index < -0.39 is 0 Å². The Morgan fingerprint density at radius 3 is 3.06 bits per heavy atom. The smallest absolute Gasteiger partial charge is 0.223 e. The topological polar surface area (TPSA) is 49.8 Å². The van der Waals surface area contributed by atoms with Crippen LogP contribution in [-0.4, -0.2) is 47.8 Å². The molecule has 1 aliphatic heterocycles. The molecule has 2 rings (SSSR count). The van der Waals surface area contributed by atoms with Crippen LogP contribution in [0.1, 0.15) is 26.2 Å². The third-order valence-electron chi connectivity index (χ3n) is 3.58. The van der Waals surface area contributed by atoms with Crippen molar-refractivity contribution in [3.05, 3.63) is 12.2 Å². The highest BCUT2D eigenvalue weighted by molar-refractivity contribution is 5.77. The van der Waals surface area contributed by atoms with Crippen LogP contribution in [0.3, 0.4) is 0 Å². The highest BCUT2D eigenvalue weighted by Gasteiger charge is 2.30. The summed E-state index contributed by atoms with van der Waals surface area (Å²) in [5.41, 5.74) is 0. The van der Waals surface area contributed by atoms with Gasteiger partial charge < -0.3 is 14.7 Å². The van der Waals surface area contributed by atoms with E-state index in [0.717, 1.165) is 12.8 Å². The Balaban J connectivity index is 1.89. The molecule has 17 heavy (non-hydrogen) atoms. The van der Waals surface area contributed by atoms with Crippen molar-refractivity contribution in [2.24, 2.45) is 5.92 Å². The predicted octanol–water partition coefficient (Wildman–Crippen LogP) is 0.951. The van der Waals surface area contributed by atoms with E-state index in [0.29, 0.717) is 25.5 Å². The average Bonchev–Trinajstić information content (AvgIpc) is 2.82. The van der Waals surface area contributed by atoms with Gasteiger partial charge in [0, 0.05) is 13.0 Å². The van der Waals surface area contributed by atoms with Crippen LogP contribution in [0.15, 0.2) is 12.2 Å². The number of carbonyl (C=O) groups is 1.